The minimum absolute atomic E-state index is 0.300. The number of halogens is 1. The molecule has 188 valence electrons. The average Bonchev–Trinajstić information content (AvgIpc) is 3.42. The third-order valence-electron chi connectivity index (χ3n) is 5.57. The molecule has 4 aromatic carbocycles. The van der Waals surface area contributed by atoms with Crippen molar-refractivity contribution in [2.75, 3.05) is 5.32 Å². The molecule has 5 aromatic rings. The fraction of sp³-hybridized carbons (Fsp3) is 0.0333. The second kappa shape index (κ2) is 12.3. The number of anilines is 2. The lowest BCUT2D eigenvalue weighted by Gasteiger charge is -2.09. The first-order valence-electron chi connectivity index (χ1n) is 11.8. The summed E-state index contributed by atoms with van der Waals surface area (Å²) in [6, 6.07) is 32.7. The van der Waals surface area contributed by atoms with Gasteiger partial charge in [-0.25, -0.2) is 10.4 Å². The Bertz CT molecular complexity index is 1540. The highest BCUT2D eigenvalue weighted by Crippen LogP contribution is 2.27. The lowest BCUT2D eigenvalue weighted by atomic mass is 10.1. The smallest absolute Gasteiger partial charge is 0.271 e. The number of hydrogen-bond acceptors (Lipinski definition) is 6. The minimum Gasteiger partial charge on any atom is -0.488 e. The molecule has 0 saturated carbocycles. The Morgan fingerprint density at radius 1 is 0.921 bits per heavy atom. The van der Waals surface area contributed by atoms with Crippen LogP contribution in [0.15, 0.2) is 118 Å². The van der Waals surface area contributed by atoms with E-state index in [0.29, 0.717) is 17.9 Å². The zero-order chi connectivity index (χ0) is 26.2. The molecule has 0 spiro atoms. The number of thiazole rings is 1. The van der Waals surface area contributed by atoms with E-state index in [-0.39, 0.29) is 5.91 Å². The van der Waals surface area contributed by atoms with E-state index < -0.39 is 0 Å². The first kappa shape index (κ1) is 25.4. The van der Waals surface area contributed by atoms with Crippen LogP contribution >= 0.6 is 27.3 Å². The van der Waals surface area contributed by atoms with Gasteiger partial charge in [0.15, 0.2) is 5.13 Å². The van der Waals surface area contributed by atoms with Crippen molar-refractivity contribution >= 4 is 50.2 Å². The molecule has 0 unspecified atom stereocenters. The SMILES string of the molecule is O=C(N/N=C\c1ccccc1OCc1ccc(Br)cc1)c1ccc(-c2csc(Nc3ccccc3)n2)cc1. The van der Waals surface area contributed by atoms with E-state index in [2.05, 4.69) is 36.8 Å². The molecule has 8 heteroatoms. The van der Waals surface area contributed by atoms with Crippen molar-refractivity contribution in [2.45, 2.75) is 6.61 Å². The number of para-hydroxylation sites is 2. The number of rotatable bonds is 9. The zero-order valence-corrected chi connectivity index (χ0v) is 22.6. The van der Waals surface area contributed by atoms with Crippen molar-refractivity contribution in [3.05, 3.63) is 130 Å². The normalized spacial score (nSPS) is 10.9. The predicted molar refractivity (Wildman–Crippen MR) is 157 cm³/mol. The molecule has 0 radical (unpaired) electrons. The summed E-state index contributed by atoms with van der Waals surface area (Å²) in [7, 11) is 0. The van der Waals surface area contributed by atoms with E-state index in [1.807, 2.05) is 96.4 Å². The van der Waals surface area contributed by atoms with Crippen molar-refractivity contribution in [3.63, 3.8) is 0 Å². The highest BCUT2D eigenvalue weighted by Gasteiger charge is 2.09. The fourth-order valence-electron chi connectivity index (χ4n) is 3.59. The average molecular weight is 584 g/mol. The highest BCUT2D eigenvalue weighted by molar-refractivity contribution is 9.10. The zero-order valence-electron chi connectivity index (χ0n) is 20.2. The van der Waals surface area contributed by atoms with Gasteiger partial charge < -0.3 is 10.1 Å². The number of ether oxygens (including phenoxy) is 1. The standard InChI is InChI=1S/C30H23BrN4O2S/c31-25-16-10-21(11-17-25)19-37-28-9-5-4-6-24(28)18-32-35-29(36)23-14-12-22(13-15-23)27-20-38-30(34-27)33-26-7-2-1-3-8-26/h1-18,20H,19H2,(H,33,34)(H,35,36)/b32-18-. The highest BCUT2D eigenvalue weighted by atomic mass is 79.9. The van der Waals surface area contributed by atoms with E-state index >= 15 is 0 Å². The number of nitrogens with one attached hydrogen (secondary N) is 2. The Balaban J connectivity index is 1.18. The van der Waals surface area contributed by atoms with E-state index in [9.17, 15) is 4.79 Å². The molecule has 0 aliphatic rings. The van der Waals surface area contributed by atoms with E-state index in [4.69, 9.17) is 4.74 Å². The van der Waals surface area contributed by atoms with Crippen molar-refractivity contribution in [3.8, 4) is 17.0 Å². The molecule has 0 bridgehead atoms. The first-order chi connectivity index (χ1) is 18.6. The van der Waals surface area contributed by atoms with Gasteiger partial charge in [-0.2, -0.15) is 5.10 Å². The Morgan fingerprint density at radius 2 is 1.66 bits per heavy atom. The van der Waals surface area contributed by atoms with Gasteiger partial charge in [0.25, 0.3) is 5.91 Å². The summed E-state index contributed by atoms with van der Waals surface area (Å²) in [6.07, 6.45) is 1.58. The summed E-state index contributed by atoms with van der Waals surface area (Å²) in [6.45, 7) is 0.430. The maximum Gasteiger partial charge on any atom is 0.271 e. The quantitative estimate of drug-likeness (QED) is 0.138. The van der Waals surface area contributed by atoms with Gasteiger partial charge in [0.05, 0.1) is 11.9 Å². The molecule has 5 rings (SSSR count). The largest absolute Gasteiger partial charge is 0.488 e. The molecule has 0 aliphatic heterocycles. The number of nitrogens with zero attached hydrogens (tertiary/aromatic N) is 2. The second-order valence-corrected chi connectivity index (χ2v) is 10.0. The lowest BCUT2D eigenvalue weighted by molar-refractivity contribution is 0.0955. The molecular weight excluding hydrogens is 560 g/mol. The number of benzene rings is 4. The molecule has 0 fully saturated rings. The summed E-state index contributed by atoms with van der Waals surface area (Å²) >= 11 is 4.97. The summed E-state index contributed by atoms with van der Waals surface area (Å²) < 4.78 is 6.99. The van der Waals surface area contributed by atoms with Gasteiger partial charge in [0.2, 0.25) is 0 Å². The Hall–Kier alpha value is -4.27. The number of amides is 1. The van der Waals surface area contributed by atoms with Crippen LogP contribution in [0.5, 0.6) is 5.75 Å². The van der Waals surface area contributed by atoms with Gasteiger partial charge in [0, 0.05) is 32.2 Å². The van der Waals surface area contributed by atoms with E-state index in [1.54, 1.807) is 18.3 Å². The number of carbonyl (C=O) groups is 1. The van der Waals surface area contributed by atoms with Crippen LogP contribution in [-0.4, -0.2) is 17.1 Å². The van der Waals surface area contributed by atoms with Crippen LogP contribution in [0.2, 0.25) is 0 Å². The summed E-state index contributed by atoms with van der Waals surface area (Å²) in [5.41, 5.74) is 7.68. The van der Waals surface area contributed by atoms with Crippen molar-refractivity contribution in [2.24, 2.45) is 5.10 Å². The summed E-state index contributed by atoms with van der Waals surface area (Å²) in [4.78, 5) is 17.3. The number of carbonyl (C=O) groups excluding carboxylic acids is 1. The molecule has 1 amide bonds. The van der Waals surface area contributed by atoms with Crippen molar-refractivity contribution in [1.29, 1.82) is 0 Å². The maximum absolute atomic E-state index is 12.6. The summed E-state index contributed by atoms with van der Waals surface area (Å²) in [5, 5.41) is 10.2. The Labute approximate surface area is 233 Å². The fourth-order valence-corrected chi connectivity index (χ4v) is 4.59. The van der Waals surface area contributed by atoms with Gasteiger partial charge in [-0.05, 0) is 54.1 Å². The van der Waals surface area contributed by atoms with Gasteiger partial charge in [-0.3, -0.25) is 4.79 Å². The molecule has 6 nitrogen and oxygen atoms in total. The predicted octanol–water partition coefficient (Wildman–Crippen LogP) is 7.66. The minimum atomic E-state index is -0.300. The lowest BCUT2D eigenvalue weighted by Crippen LogP contribution is -2.17. The first-order valence-corrected chi connectivity index (χ1v) is 13.5. The maximum atomic E-state index is 12.6. The van der Waals surface area contributed by atoms with Crippen LogP contribution < -0.4 is 15.5 Å². The molecule has 0 saturated heterocycles. The molecule has 0 atom stereocenters. The third kappa shape index (κ3) is 6.73. The molecule has 0 aliphatic carbocycles. The molecule has 1 heterocycles. The van der Waals surface area contributed by atoms with Crippen molar-refractivity contribution in [1.82, 2.24) is 10.4 Å². The third-order valence-corrected chi connectivity index (χ3v) is 6.85. The topological polar surface area (TPSA) is 75.6 Å². The van der Waals surface area contributed by atoms with E-state index in [0.717, 1.165) is 37.7 Å². The van der Waals surface area contributed by atoms with Gasteiger partial charge >= 0.3 is 0 Å². The Kier molecular flexibility index (Phi) is 8.23. The summed E-state index contributed by atoms with van der Waals surface area (Å²) in [5.74, 6) is 0.382. The number of aromatic nitrogens is 1. The number of hydrazone groups is 1. The Morgan fingerprint density at radius 3 is 2.45 bits per heavy atom. The monoisotopic (exact) mass is 582 g/mol. The van der Waals surface area contributed by atoms with Gasteiger partial charge in [-0.1, -0.05) is 70.5 Å². The van der Waals surface area contributed by atoms with Crippen molar-refractivity contribution < 1.29 is 9.53 Å². The van der Waals surface area contributed by atoms with Crippen LogP contribution in [0.1, 0.15) is 21.5 Å². The van der Waals surface area contributed by atoms with Crippen LogP contribution in [0.4, 0.5) is 10.8 Å². The van der Waals surface area contributed by atoms with Gasteiger partial charge in [-0.15, -0.1) is 11.3 Å². The van der Waals surface area contributed by atoms with E-state index in [1.165, 1.54) is 11.3 Å². The molecule has 2 N–H and O–H groups in total. The van der Waals surface area contributed by atoms with Crippen LogP contribution in [0, 0.1) is 0 Å². The van der Waals surface area contributed by atoms with Gasteiger partial charge in [0.1, 0.15) is 12.4 Å². The van der Waals surface area contributed by atoms with Crippen LogP contribution in [0.3, 0.4) is 0 Å². The number of hydrogen-bond donors (Lipinski definition) is 2. The molecule has 38 heavy (non-hydrogen) atoms. The molecule has 1 aromatic heterocycles. The van der Waals surface area contributed by atoms with Crippen LogP contribution in [0.25, 0.3) is 11.3 Å². The molecular formula is C30H23BrN4O2S. The second-order valence-electron chi connectivity index (χ2n) is 8.26. The van der Waals surface area contributed by atoms with Crippen LogP contribution in [-0.2, 0) is 6.61 Å².